The second-order valence-electron chi connectivity index (χ2n) is 7.54. The van der Waals surface area contributed by atoms with Crippen molar-refractivity contribution in [1.29, 1.82) is 0 Å². The van der Waals surface area contributed by atoms with Crippen molar-refractivity contribution in [2.45, 2.75) is 32.2 Å². The van der Waals surface area contributed by atoms with Crippen molar-refractivity contribution in [3.63, 3.8) is 0 Å². The van der Waals surface area contributed by atoms with Crippen LogP contribution < -0.4 is 10.1 Å². The number of nitrogens with one attached hydrogen (secondary N) is 1. The maximum absolute atomic E-state index is 14.4. The second-order valence-corrected chi connectivity index (χ2v) is 7.54. The molecule has 2 heterocycles. The summed E-state index contributed by atoms with van der Waals surface area (Å²) in [4.78, 5) is 17.5. The minimum atomic E-state index is -0.549. The van der Waals surface area contributed by atoms with Gasteiger partial charge in [-0.1, -0.05) is 18.2 Å². The molecular weight excluding hydrogens is 399 g/mol. The fourth-order valence-electron chi connectivity index (χ4n) is 4.19. The van der Waals surface area contributed by atoms with Gasteiger partial charge in [0, 0.05) is 17.7 Å². The van der Waals surface area contributed by atoms with Gasteiger partial charge in [-0.2, -0.15) is 4.98 Å². The first-order chi connectivity index (χ1) is 15.1. The summed E-state index contributed by atoms with van der Waals surface area (Å²) in [6.45, 7) is 2.22. The normalized spacial score (nSPS) is 17.7. The fourth-order valence-corrected chi connectivity index (χ4v) is 4.19. The molecule has 0 bridgehead atoms. The van der Waals surface area contributed by atoms with E-state index in [1.54, 1.807) is 41.1 Å². The number of carbonyl (C=O) groups excluding carboxylic acids is 1. The Hall–Kier alpha value is -3.68. The van der Waals surface area contributed by atoms with Gasteiger partial charge in [-0.3, -0.25) is 4.79 Å². The van der Waals surface area contributed by atoms with E-state index in [2.05, 4.69) is 15.4 Å². The van der Waals surface area contributed by atoms with Gasteiger partial charge in [0.2, 0.25) is 5.95 Å². The van der Waals surface area contributed by atoms with E-state index in [4.69, 9.17) is 4.74 Å². The third-order valence-electron chi connectivity index (χ3n) is 5.58. The number of nitrogens with zero attached hydrogens (tertiary/aromatic N) is 3. The Morgan fingerprint density at radius 1 is 1.26 bits per heavy atom. The largest absolute Gasteiger partial charge is 0.504 e. The summed E-state index contributed by atoms with van der Waals surface area (Å²) in [5.74, 6) is 0.663. The molecule has 2 aliphatic rings. The molecule has 0 fully saturated rings. The number of aromatic nitrogens is 3. The maximum Gasteiger partial charge on any atom is 0.226 e. The van der Waals surface area contributed by atoms with Crippen LogP contribution in [0.2, 0.25) is 0 Å². The molecule has 31 heavy (non-hydrogen) atoms. The van der Waals surface area contributed by atoms with Crippen LogP contribution in [-0.2, 0) is 4.79 Å². The Morgan fingerprint density at radius 3 is 2.90 bits per heavy atom. The van der Waals surface area contributed by atoms with Crippen LogP contribution in [-0.4, -0.2) is 32.3 Å². The van der Waals surface area contributed by atoms with Crippen LogP contribution in [0.5, 0.6) is 11.5 Å². The van der Waals surface area contributed by atoms with Crippen LogP contribution in [0.15, 0.2) is 53.7 Å². The third kappa shape index (κ3) is 3.24. The smallest absolute Gasteiger partial charge is 0.226 e. The summed E-state index contributed by atoms with van der Waals surface area (Å²) in [6.07, 6.45) is 1.93. The van der Waals surface area contributed by atoms with E-state index < -0.39 is 11.9 Å². The predicted octanol–water partition coefficient (Wildman–Crippen LogP) is 4.21. The number of allylic oxidation sites excluding steroid dienone is 2. The molecule has 5 rings (SSSR count). The Morgan fingerprint density at radius 2 is 2.10 bits per heavy atom. The number of hydrogen-bond acceptors (Lipinski definition) is 6. The zero-order valence-corrected chi connectivity index (χ0v) is 16.9. The quantitative estimate of drug-likeness (QED) is 0.657. The first-order valence-electron chi connectivity index (χ1n) is 10.3. The van der Waals surface area contributed by atoms with Crippen molar-refractivity contribution in [1.82, 2.24) is 14.8 Å². The van der Waals surface area contributed by atoms with Gasteiger partial charge in [0.1, 0.15) is 11.9 Å². The highest BCUT2D eigenvalue weighted by atomic mass is 19.1. The number of aromatic hydroxyl groups is 1. The maximum atomic E-state index is 14.4. The van der Waals surface area contributed by atoms with Gasteiger partial charge in [-0.25, -0.2) is 9.07 Å². The molecule has 8 heteroatoms. The van der Waals surface area contributed by atoms with E-state index in [1.165, 1.54) is 6.07 Å². The lowest BCUT2D eigenvalue weighted by molar-refractivity contribution is -0.116. The van der Waals surface area contributed by atoms with Gasteiger partial charge in [-0.05, 0) is 49.6 Å². The molecule has 1 atom stereocenters. The van der Waals surface area contributed by atoms with Gasteiger partial charge in [0.05, 0.1) is 12.2 Å². The number of anilines is 1. The Labute approximate surface area is 178 Å². The molecule has 0 spiro atoms. The topological polar surface area (TPSA) is 89.3 Å². The van der Waals surface area contributed by atoms with E-state index in [9.17, 15) is 14.3 Å². The van der Waals surface area contributed by atoms with Gasteiger partial charge in [-0.15, -0.1) is 5.10 Å². The summed E-state index contributed by atoms with van der Waals surface area (Å²) >= 11 is 0. The van der Waals surface area contributed by atoms with Crippen LogP contribution in [0.3, 0.4) is 0 Å². The number of phenolic OH excluding ortho intramolecular Hbond substituents is 1. The summed E-state index contributed by atoms with van der Waals surface area (Å²) in [5.41, 5.74) is 2.45. The van der Waals surface area contributed by atoms with Crippen molar-refractivity contribution < 1.29 is 19.0 Å². The molecule has 0 amide bonds. The molecule has 2 N–H and O–H groups in total. The molecule has 0 saturated carbocycles. The monoisotopic (exact) mass is 420 g/mol. The summed E-state index contributed by atoms with van der Waals surface area (Å²) < 4.78 is 21.5. The number of Topliss-reactive ketones (excluding diaryl/α,β-unsaturated/α-hetero) is 1. The van der Waals surface area contributed by atoms with E-state index >= 15 is 0 Å². The highest BCUT2D eigenvalue weighted by Gasteiger charge is 2.37. The molecule has 1 aliphatic heterocycles. The van der Waals surface area contributed by atoms with Crippen molar-refractivity contribution in [3.05, 3.63) is 65.1 Å². The van der Waals surface area contributed by atoms with Crippen LogP contribution in [0.1, 0.15) is 37.8 Å². The van der Waals surface area contributed by atoms with Gasteiger partial charge >= 0.3 is 0 Å². The molecule has 1 unspecified atom stereocenters. The number of hydrogen-bond donors (Lipinski definition) is 2. The molecular formula is C23H21FN4O3. The fraction of sp³-hybridized carbons (Fsp3) is 0.261. The number of benzene rings is 2. The summed E-state index contributed by atoms with van der Waals surface area (Å²) in [7, 11) is 0. The second kappa shape index (κ2) is 7.54. The van der Waals surface area contributed by atoms with Crippen LogP contribution in [0.25, 0.3) is 11.4 Å². The van der Waals surface area contributed by atoms with E-state index in [-0.39, 0.29) is 22.9 Å². The Bertz CT molecular complexity index is 1220. The summed E-state index contributed by atoms with van der Waals surface area (Å²) in [5, 5.41) is 17.9. The SMILES string of the molecule is CCOc1cc(C2C3=C(CCCC3=O)Nc3nc(-c4ccccc4F)nn32)ccc1O. The number of ketones is 1. The van der Waals surface area contributed by atoms with Crippen LogP contribution >= 0.6 is 0 Å². The number of ether oxygens (including phenoxy) is 1. The average molecular weight is 420 g/mol. The lowest BCUT2D eigenvalue weighted by atomic mass is 9.85. The zero-order valence-electron chi connectivity index (χ0n) is 16.9. The molecule has 7 nitrogen and oxygen atoms in total. The molecule has 0 saturated heterocycles. The Kier molecular flexibility index (Phi) is 4.69. The minimum Gasteiger partial charge on any atom is -0.504 e. The Balaban J connectivity index is 1.68. The number of carbonyl (C=O) groups is 1. The average Bonchev–Trinajstić information content (AvgIpc) is 3.18. The third-order valence-corrected chi connectivity index (χ3v) is 5.58. The number of fused-ring (bicyclic) bond motifs is 1. The first-order valence-corrected chi connectivity index (χ1v) is 10.3. The molecule has 1 aliphatic carbocycles. The van der Waals surface area contributed by atoms with Gasteiger partial charge in [0.15, 0.2) is 23.1 Å². The lowest BCUT2D eigenvalue weighted by Gasteiger charge is -2.32. The molecule has 158 valence electrons. The molecule has 2 aromatic carbocycles. The zero-order chi connectivity index (χ0) is 21.5. The molecule has 1 aromatic heterocycles. The van der Waals surface area contributed by atoms with Gasteiger partial charge < -0.3 is 15.2 Å². The van der Waals surface area contributed by atoms with Crippen molar-refractivity contribution in [2.24, 2.45) is 0 Å². The summed E-state index contributed by atoms with van der Waals surface area (Å²) in [6, 6.07) is 10.8. The van der Waals surface area contributed by atoms with Gasteiger partial charge in [0.25, 0.3) is 0 Å². The highest BCUT2D eigenvalue weighted by molar-refractivity contribution is 5.99. The molecule has 3 aromatic rings. The van der Waals surface area contributed by atoms with Crippen molar-refractivity contribution >= 4 is 11.7 Å². The number of halogens is 1. The minimum absolute atomic E-state index is 0.0227. The van der Waals surface area contributed by atoms with Crippen molar-refractivity contribution in [2.75, 3.05) is 11.9 Å². The first kappa shape index (κ1) is 19.3. The number of rotatable bonds is 4. The highest BCUT2D eigenvalue weighted by Crippen LogP contribution is 2.42. The van der Waals surface area contributed by atoms with Crippen molar-refractivity contribution in [3.8, 4) is 22.9 Å². The van der Waals surface area contributed by atoms with E-state index in [0.717, 1.165) is 24.1 Å². The number of phenols is 1. The standard InChI is InChI=1S/C23H21FN4O3/c1-2-31-19-12-13(10-11-17(19)29)21-20-16(8-5-9-18(20)30)25-23-26-22(27-28(21)23)14-6-3-4-7-15(14)24/h3-4,6-7,10-12,21,29H,2,5,8-9H2,1H3,(H,25,26,27). The van der Waals surface area contributed by atoms with Crippen LogP contribution in [0, 0.1) is 5.82 Å². The van der Waals surface area contributed by atoms with Crippen LogP contribution in [0.4, 0.5) is 10.3 Å². The van der Waals surface area contributed by atoms with E-state index in [1.807, 2.05) is 6.92 Å². The molecule has 0 radical (unpaired) electrons. The van der Waals surface area contributed by atoms with E-state index in [0.29, 0.717) is 30.3 Å². The lowest BCUT2D eigenvalue weighted by Crippen LogP contribution is -2.31. The predicted molar refractivity (Wildman–Crippen MR) is 112 cm³/mol.